The van der Waals surface area contributed by atoms with E-state index in [2.05, 4.69) is 31.9 Å². The van der Waals surface area contributed by atoms with Crippen LogP contribution in [0.25, 0.3) is 0 Å². The third kappa shape index (κ3) is 2.30. The molecule has 1 unspecified atom stereocenters. The minimum absolute atomic E-state index is 0.283. The summed E-state index contributed by atoms with van der Waals surface area (Å²) in [6.45, 7) is 0.846. The number of halogens is 2. The van der Waals surface area contributed by atoms with E-state index in [0.29, 0.717) is 0 Å². The van der Waals surface area contributed by atoms with Gasteiger partial charge in [-0.15, -0.1) is 0 Å². The van der Waals surface area contributed by atoms with Gasteiger partial charge in [0.25, 0.3) is 0 Å². The summed E-state index contributed by atoms with van der Waals surface area (Å²) in [5.74, 6) is -0.283. The van der Waals surface area contributed by atoms with Crippen LogP contribution in [0.5, 0.6) is 0 Å². The molecule has 0 aromatic heterocycles. The molecule has 0 rings (SSSR count). The van der Waals surface area contributed by atoms with Crippen LogP contribution in [0.3, 0.4) is 0 Å². The van der Waals surface area contributed by atoms with Crippen LogP contribution >= 0.6 is 31.9 Å². The number of aliphatic hydroxyl groups excluding tert-OH is 2. The number of carbonyl (C=O) groups is 1. The number of Topliss-reactive ketones (excluding diaryl/α,β-unsaturated/α-hetero) is 1. The highest BCUT2D eigenvalue weighted by Crippen LogP contribution is 2.30. The molecular formula is C5H8Br2O3. The van der Waals surface area contributed by atoms with E-state index in [1.165, 1.54) is 6.92 Å². The summed E-state index contributed by atoms with van der Waals surface area (Å²) >= 11 is 5.86. The fraction of sp³-hybridized carbons (Fsp3) is 0.800. The molecule has 10 heavy (non-hydrogen) atoms. The molecule has 0 amide bonds. The van der Waals surface area contributed by atoms with Gasteiger partial charge in [0.15, 0.2) is 9.02 Å². The molecule has 0 aliphatic heterocycles. The maximum absolute atomic E-state index is 10.7. The van der Waals surface area contributed by atoms with Crippen LogP contribution < -0.4 is 0 Å². The predicted molar refractivity (Wildman–Crippen MR) is 44.4 cm³/mol. The fourth-order valence-electron chi connectivity index (χ4n) is 0.349. The minimum Gasteiger partial charge on any atom is -0.394 e. The van der Waals surface area contributed by atoms with E-state index in [-0.39, 0.29) is 5.78 Å². The Labute approximate surface area is 75.7 Å². The van der Waals surface area contributed by atoms with Crippen LogP contribution in [0.4, 0.5) is 0 Å². The second kappa shape index (κ2) is 3.80. The van der Waals surface area contributed by atoms with Crippen molar-refractivity contribution in [1.29, 1.82) is 0 Å². The summed E-state index contributed by atoms with van der Waals surface area (Å²) in [5.41, 5.74) is 0. The van der Waals surface area contributed by atoms with Crippen molar-refractivity contribution in [2.45, 2.75) is 16.3 Å². The Kier molecular flexibility index (Phi) is 4.01. The highest BCUT2D eigenvalue weighted by molar-refractivity contribution is 9.26. The molecule has 60 valence electrons. The van der Waals surface area contributed by atoms with Crippen molar-refractivity contribution in [2.24, 2.45) is 0 Å². The molecule has 0 radical (unpaired) electrons. The number of aliphatic hydroxyl groups is 2. The summed E-state index contributed by atoms with van der Waals surface area (Å²) in [5, 5.41) is 17.4. The topological polar surface area (TPSA) is 57.5 Å². The average molecular weight is 276 g/mol. The fourth-order valence-corrected chi connectivity index (χ4v) is 0.639. The number of ketones is 1. The molecule has 2 N–H and O–H groups in total. The molecular weight excluding hydrogens is 268 g/mol. The number of hydrogen-bond acceptors (Lipinski definition) is 3. The van der Waals surface area contributed by atoms with Crippen LogP contribution in [-0.4, -0.2) is 31.9 Å². The molecule has 5 heteroatoms. The first kappa shape index (κ1) is 10.6. The SMILES string of the molecule is CC(=O)C(Br)(Br)C(O)CO. The number of alkyl halides is 2. The molecule has 0 aromatic rings. The quantitative estimate of drug-likeness (QED) is 0.734. The van der Waals surface area contributed by atoms with Gasteiger partial charge in [-0.25, -0.2) is 0 Å². The molecule has 0 fully saturated rings. The standard InChI is InChI=1S/C5H8Br2O3/c1-3(9)5(6,7)4(10)2-8/h4,8,10H,2H2,1H3. The van der Waals surface area contributed by atoms with E-state index in [1.54, 1.807) is 0 Å². The van der Waals surface area contributed by atoms with Gasteiger partial charge in [-0.05, 0) is 6.92 Å². The Morgan fingerprint density at radius 1 is 1.70 bits per heavy atom. The Bertz CT molecular complexity index is 135. The van der Waals surface area contributed by atoms with Gasteiger partial charge in [-0.2, -0.15) is 0 Å². The normalized spacial score (nSPS) is 14.9. The molecule has 0 aliphatic rings. The average Bonchev–Trinajstić information content (AvgIpc) is 1.86. The summed E-state index contributed by atoms with van der Waals surface area (Å²) < 4.78 is -1.20. The van der Waals surface area contributed by atoms with Crippen LogP contribution in [0, 0.1) is 0 Å². The van der Waals surface area contributed by atoms with Crippen molar-refractivity contribution in [3.8, 4) is 0 Å². The van der Waals surface area contributed by atoms with Crippen LogP contribution in [-0.2, 0) is 4.79 Å². The lowest BCUT2D eigenvalue weighted by Gasteiger charge is -2.21. The van der Waals surface area contributed by atoms with E-state index in [4.69, 9.17) is 10.2 Å². The van der Waals surface area contributed by atoms with Crippen molar-refractivity contribution in [3.05, 3.63) is 0 Å². The smallest absolute Gasteiger partial charge is 0.166 e. The molecule has 0 heterocycles. The van der Waals surface area contributed by atoms with Gasteiger partial charge < -0.3 is 10.2 Å². The van der Waals surface area contributed by atoms with Gasteiger partial charge >= 0.3 is 0 Å². The third-order valence-electron chi connectivity index (χ3n) is 1.06. The zero-order valence-electron chi connectivity index (χ0n) is 5.34. The third-order valence-corrected chi connectivity index (χ3v) is 3.23. The monoisotopic (exact) mass is 274 g/mol. The maximum Gasteiger partial charge on any atom is 0.166 e. The maximum atomic E-state index is 10.7. The Morgan fingerprint density at radius 3 is 2.20 bits per heavy atom. The van der Waals surface area contributed by atoms with Crippen LogP contribution in [0.1, 0.15) is 6.92 Å². The lowest BCUT2D eigenvalue weighted by atomic mass is 10.2. The van der Waals surface area contributed by atoms with Gasteiger partial charge in [0, 0.05) is 0 Å². The molecule has 0 saturated carbocycles. The van der Waals surface area contributed by atoms with E-state index < -0.39 is 15.9 Å². The van der Waals surface area contributed by atoms with Gasteiger partial charge in [0.2, 0.25) is 0 Å². The second-order valence-electron chi connectivity index (χ2n) is 1.88. The second-order valence-corrected chi connectivity index (χ2v) is 5.44. The summed E-state index contributed by atoms with van der Waals surface area (Å²) in [6, 6.07) is 0. The summed E-state index contributed by atoms with van der Waals surface area (Å²) in [4.78, 5) is 10.7. The number of carbonyl (C=O) groups excluding carboxylic acids is 1. The lowest BCUT2D eigenvalue weighted by molar-refractivity contribution is -0.119. The van der Waals surface area contributed by atoms with E-state index in [1.807, 2.05) is 0 Å². The molecule has 3 nitrogen and oxygen atoms in total. The Balaban J connectivity index is 4.23. The van der Waals surface area contributed by atoms with Crippen molar-refractivity contribution in [3.63, 3.8) is 0 Å². The molecule has 0 aliphatic carbocycles. The highest BCUT2D eigenvalue weighted by atomic mass is 79.9. The molecule has 0 bridgehead atoms. The largest absolute Gasteiger partial charge is 0.394 e. The minimum atomic E-state index is -1.20. The van der Waals surface area contributed by atoms with Crippen molar-refractivity contribution < 1.29 is 15.0 Å². The highest BCUT2D eigenvalue weighted by Gasteiger charge is 2.36. The first-order chi connectivity index (χ1) is 4.42. The van der Waals surface area contributed by atoms with E-state index in [0.717, 1.165) is 0 Å². The van der Waals surface area contributed by atoms with Gasteiger partial charge in [0.1, 0.15) is 6.10 Å². The number of rotatable bonds is 3. The Hall–Kier alpha value is 0.550. The first-order valence-electron chi connectivity index (χ1n) is 2.60. The summed E-state index contributed by atoms with van der Waals surface area (Å²) in [7, 11) is 0. The Morgan fingerprint density at radius 2 is 2.10 bits per heavy atom. The molecule has 0 spiro atoms. The zero-order chi connectivity index (χ0) is 8.36. The summed E-state index contributed by atoms with van der Waals surface area (Å²) in [6.07, 6.45) is -1.12. The molecule has 0 saturated heterocycles. The first-order valence-corrected chi connectivity index (χ1v) is 4.19. The lowest BCUT2D eigenvalue weighted by Crippen LogP contribution is -2.39. The van der Waals surface area contributed by atoms with Crippen molar-refractivity contribution in [2.75, 3.05) is 6.61 Å². The number of hydrogen-bond donors (Lipinski definition) is 2. The van der Waals surface area contributed by atoms with Gasteiger partial charge in [-0.3, -0.25) is 4.79 Å². The van der Waals surface area contributed by atoms with Crippen LogP contribution in [0.15, 0.2) is 0 Å². The van der Waals surface area contributed by atoms with Gasteiger partial charge in [-0.1, -0.05) is 31.9 Å². The predicted octanol–water partition coefficient (Wildman–Crippen LogP) is 0.415. The zero-order valence-corrected chi connectivity index (χ0v) is 8.52. The van der Waals surface area contributed by atoms with Gasteiger partial charge in [0.05, 0.1) is 6.61 Å². The van der Waals surface area contributed by atoms with E-state index in [9.17, 15) is 4.79 Å². The van der Waals surface area contributed by atoms with Crippen molar-refractivity contribution >= 4 is 37.6 Å². The van der Waals surface area contributed by atoms with Crippen molar-refractivity contribution in [1.82, 2.24) is 0 Å². The van der Waals surface area contributed by atoms with Crippen LogP contribution in [0.2, 0.25) is 0 Å². The molecule has 0 aromatic carbocycles. The van der Waals surface area contributed by atoms with E-state index >= 15 is 0 Å². The molecule has 1 atom stereocenters.